The molecule has 6 rings (SSSR count). The van der Waals surface area contributed by atoms with Crippen molar-refractivity contribution in [2.75, 3.05) is 38.1 Å². The fourth-order valence-electron chi connectivity index (χ4n) is 3.95. The van der Waals surface area contributed by atoms with E-state index in [1.165, 1.54) is 18.9 Å². The highest BCUT2D eigenvalue weighted by atomic mass is 35.5. The van der Waals surface area contributed by atoms with Crippen molar-refractivity contribution in [2.24, 2.45) is 0 Å². The number of rotatable bonds is 3. The summed E-state index contributed by atoms with van der Waals surface area (Å²) >= 11 is 5.92. The van der Waals surface area contributed by atoms with Gasteiger partial charge in [0.05, 0.1) is 17.4 Å². The lowest BCUT2D eigenvalue weighted by Gasteiger charge is -2.32. The van der Waals surface area contributed by atoms with E-state index in [0.717, 1.165) is 43.6 Å². The molecule has 35 heavy (non-hydrogen) atoms. The smallest absolute Gasteiger partial charge is 0.228 e. The van der Waals surface area contributed by atoms with Crippen LogP contribution in [-0.2, 0) is 0 Å². The third-order valence-corrected chi connectivity index (χ3v) is 6.58. The molecule has 0 amide bonds. The maximum atomic E-state index is 14.7. The van der Waals surface area contributed by atoms with Crippen LogP contribution in [0.25, 0.3) is 22.4 Å². The van der Waals surface area contributed by atoms with E-state index >= 15 is 0 Å². The summed E-state index contributed by atoms with van der Waals surface area (Å²) in [5.74, 6) is 0.115. The summed E-state index contributed by atoms with van der Waals surface area (Å²) in [6.07, 6.45) is 6.50. The minimum Gasteiger partial charge on any atom is -0.338 e. The molecule has 0 bridgehead atoms. The third-order valence-electron chi connectivity index (χ3n) is 6.35. The van der Waals surface area contributed by atoms with Gasteiger partial charge in [-0.2, -0.15) is 10.1 Å². The maximum absolute atomic E-state index is 14.7. The predicted octanol–water partition coefficient (Wildman–Crippen LogP) is 4.47. The number of fused-ring (bicyclic) bond motifs is 1. The molecule has 8 nitrogen and oxygen atoms in total. The number of anilines is 1. The zero-order valence-corrected chi connectivity index (χ0v) is 20.9. The number of hydrogen-bond acceptors (Lipinski definition) is 7. The van der Waals surface area contributed by atoms with Crippen molar-refractivity contribution in [2.45, 2.75) is 32.7 Å². The molecule has 0 radical (unpaired) electrons. The number of hydrogen-bond donors (Lipinski definition) is 0. The van der Waals surface area contributed by atoms with Gasteiger partial charge in [-0.1, -0.05) is 11.6 Å². The molecule has 10 heteroatoms. The molecule has 4 aromatic rings. The van der Waals surface area contributed by atoms with Crippen molar-refractivity contribution in [3.63, 3.8) is 0 Å². The molecular weight excluding hydrogens is 467 g/mol. The van der Waals surface area contributed by atoms with Crippen LogP contribution < -0.4 is 4.90 Å². The van der Waals surface area contributed by atoms with Crippen LogP contribution in [0.5, 0.6) is 0 Å². The topological polar surface area (TPSA) is 75.9 Å². The summed E-state index contributed by atoms with van der Waals surface area (Å²) in [4.78, 5) is 22.9. The second-order valence-electron chi connectivity index (χ2n) is 9.07. The van der Waals surface area contributed by atoms with Crippen molar-refractivity contribution >= 4 is 28.7 Å². The van der Waals surface area contributed by atoms with Crippen LogP contribution in [0, 0.1) is 19.7 Å². The van der Waals surface area contributed by atoms with E-state index in [9.17, 15) is 4.39 Å². The van der Waals surface area contributed by atoms with Gasteiger partial charge in [-0.05, 0) is 58.0 Å². The Morgan fingerprint density at radius 1 is 0.971 bits per heavy atom. The van der Waals surface area contributed by atoms with Crippen molar-refractivity contribution in [3.8, 4) is 11.3 Å². The van der Waals surface area contributed by atoms with E-state index in [-0.39, 0.29) is 0 Å². The number of nitrogens with zero attached hydrogens (tertiary/aromatic N) is 8. The van der Waals surface area contributed by atoms with E-state index in [2.05, 4.69) is 36.9 Å². The highest BCUT2D eigenvalue weighted by Crippen LogP contribution is 2.33. The summed E-state index contributed by atoms with van der Waals surface area (Å²) in [6.45, 7) is 7.22. The highest BCUT2D eigenvalue weighted by molar-refractivity contribution is 6.30. The molecule has 1 aromatic carbocycles. The fraction of sp³-hybridized carbons (Fsp3) is 0.400. The van der Waals surface area contributed by atoms with E-state index in [4.69, 9.17) is 16.6 Å². The zero-order chi connectivity index (χ0) is 24.5. The Hall–Kier alpha value is -3.17. The second kappa shape index (κ2) is 9.83. The van der Waals surface area contributed by atoms with Crippen LogP contribution in [0.1, 0.15) is 30.3 Å². The van der Waals surface area contributed by atoms with E-state index in [0.29, 0.717) is 33.4 Å². The van der Waals surface area contributed by atoms with E-state index < -0.39 is 5.82 Å². The molecule has 1 aliphatic carbocycles. The number of aryl methyl sites for hydroxylation is 2. The van der Waals surface area contributed by atoms with Gasteiger partial charge >= 0.3 is 0 Å². The average molecular weight is 495 g/mol. The van der Waals surface area contributed by atoms with Gasteiger partial charge < -0.3 is 9.80 Å². The van der Waals surface area contributed by atoms with Crippen LogP contribution in [0.4, 0.5) is 10.3 Å². The van der Waals surface area contributed by atoms with Gasteiger partial charge in [0, 0.05) is 49.2 Å². The molecule has 0 unspecified atom stereocenters. The first-order chi connectivity index (χ1) is 16.9. The van der Waals surface area contributed by atoms with Crippen molar-refractivity contribution in [1.82, 2.24) is 34.6 Å². The first-order valence-electron chi connectivity index (χ1n) is 11.8. The minimum absolute atomic E-state index is 0.340. The first-order valence-corrected chi connectivity index (χ1v) is 12.2. The third kappa shape index (κ3) is 5.26. The van der Waals surface area contributed by atoms with Gasteiger partial charge in [-0.15, -0.1) is 0 Å². The van der Waals surface area contributed by atoms with Crippen LogP contribution in [-0.4, -0.2) is 67.8 Å². The largest absolute Gasteiger partial charge is 0.338 e. The Kier molecular flexibility index (Phi) is 6.62. The normalized spacial score (nSPS) is 16.3. The number of piperazine rings is 1. The number of aromatic nitrogens is 6. The van der Waals surface area contributed by atoms with Gasteiger partial charge in [0.15, 0.2) is 5.65 Å². The lowest BCUT2D eigenvalue weighted by Crippen LogP contribution is -2.45. The van der Waals surface area contributed by atoms with Gasteiger partial charge in [0.25, 0.3) is 0 Å². The average Bonchev–Trinajstić information content (AvgIpc) is 3.54. The van der Waals surface area contributed by atoms with Crippen molar-refractivity contribution in [3.05, 3.63) is 58.9 Å². The molecular formula is C25H28ClFN8. The predicted molar refractivity (Wildman–Crippen MR) is 135 cm³/mol. The number of halogens is 2. The van der Waals surface area contributed by atoms with Crippen molar-refractivity contribution < 1.29 is 4.39 Å². The monoisotopic (exact) mass is 494 g/mol. The molecule has 4 heterocycles. The molecule has 1 saturated heterocycles. The SMILES string of the molecule is Cc1nc2nc(N3CCN(C)CC3)nc(-c3ccc(Cl)cc3F)c2nc1C.c1cnn(C2CC2)c1. The summed E-state index contributed by atoms with van der Waals surface area (Å²) in [6, 6.07) is 7.28. The van der Waals surface area contributed by atoms with Crippen LogP contribution in [0.3, 0.4) is 0 Å². The Balaban J connectivity index is 0.000000265. The van der Waals surface area contributed by atoms with E-state index in [1.807, 2.05) is 37.0 Å². The van der Waals surface area contributed by atoms with Crippen LogP contribution >= 0.6 is 11.6 Å². The van der Waals surface area contributed by atoms with Gasteiger partial charge in [-0.25, -0.2) is 19.3 Å². The lowest BCUT2D eigenvalue weighted by molar-refractivity contribution is 0.311. The Morgan fingerprint density at radius 3 is 2.37 bits per heavy atom. The molecule has 2 fully saturated rings. The summed E-state index contributed by atoms with van der Waals surface area (Å²) in [5.41, 5.74) is 3.34. The van der Waals surface area contributed by atoms with Gasteiger partial charge in [0.1, 0.15) is 17.0 Å². The minimum atomic E-state index is -0.438. The van der Waals surface area contributed by atoms with Gasteiger partial charge in [0.2, 0.25) is 5.95 Å². The molecule has 0 spiro atoms. The Bertz CT molecular complexity index is 1330. The Morgan fingerprint density at radius 2 is 1.71 bits per heavy atom. The van der Waals surface area contributed by atoms with Crippen LogP contribution in [0.15, 0.2) is 36.7 Å². The maximum Gasteiger partial charge on any atom is 0.228 e. The molecule has 0 atom stereocenters. The lowest BCUT2D eigenvalue weighted by atomic mass is 10.1. The zero-order valence-electron chi connectivity index (χ0n) is 20.1. The quantitative estimate of drug-likeness (QED) is 0.416. The van der Waals surface area contributed by atoms with Crippen LogP contribution in [0.2, 0.25) is 5.02 Å². The van der Waals surface area contributed by atoms with Gasteiger partial charge in [-0.3, -0.25) is 4.68 Å². The molecule has 0 N–H and O–H groups in total. The van der Waals surface area contributed by atoms with Crippen molar-refractivity contribution in [1.29, 1.82) is 0 Å². The summed E-state index contributed by atoms with van der Waals surface area (Å²) in [7, 11) is 2.09. The highest BCUT2D eigenvalue weighted by Gasteiger charge is 2.23. The number of benzene rings is 1. The standard InChI is InChI=1S/C19H20ClFN6.C6H8N2/c1-11-12(2)23-18-17(22-11)16(14-5-4-13(20)10-15(14)21)24-19(25-18)27-8-6-26(3)7-9-27;1-4-7-8(5-1)6-2-3-6/h4-5,10H,6-9H2,1-3H3;1,4-6H,2-3H2. The molecule has 1 saturated carbocycles. The molecule has 2 aliphatic rings. The molecule has 182 valence electrons. The first kappa shape index (κ1) is 23.6. The molecule has 3 aromatic heterocycles. The summed E-state index contributed by atoms with van der Waals surface area (Å²) in [5, 5.41) is 4.43. The van der Waals surface area contributed by atoms with E-state index in [1.54, 1.807) is 12.1 Å². The fourth-order valence-corrected chi connectivity index (χ4v) is 4.11. The Labute approximate surface area is 208 Å². The second-order valence-corrected chi connectivity index (χ2v) is 9.51. The molecule has 1 aliphatic heterocycles. The number of likely N-dealkylation sites (N-methyl/N-ethyl adjacent to an activating group) is 1. The summed E-state index contributed by atoms with van der Waals surface area (Å²) < 4.78 is 16.7.